The summed E-state index contributed by atoms with van der Waals surface area (Å²) in [6, 6.07) is 11.8. The lowest BCUT2D eigenvalue weighted by Crippen LogP contribution is -1.92. The number of aryl methyl sites for hydroxylation is 2. The summed E-state index contributed by atoms with van der Waals surface area (Å²) in [5.41, 5.74) is 9.04. The molecule has 3 rings (SSSR count). The number of hydrogen-bond donors (Lipinski definition) is 1. The molecule has 20 heavy (non-hydrogen) atoms. The van der Waals surface area contributed by atoms with Crippen molar-refractivity contribution in [2.45, 2.75) is 13.8 Å². The van der Waals surface area contributed by atoms with Crippen LogP contribution in [0.15, 0.2) is 48.8 Å². The molecule has 2 aromatic carbocycles. The van der Waals surface area contributed by atoms with Crippen molar-refractivity contribution in [1.82, 2.24) is 4.98 Å². The van der Waals surface area contributed by atoms with Gasteiger partial charge in [-0.05, 0) is 55.3 Å². The smallest absolute Gasteiger partial charge is 0.135 e. The standard InChI is InChI=1S/C17H16N2O/c1-11-7-12(2)9-13(8-11)20-17-4-3-16(18)15-10-19-6-5-14(15)17/h3-10H,18H2,1-2H3. The second kappa shape index (κ2) is 4.85. The summed E-state index contributed by atoms with van der Waals surface area (Å²) >= 11 is 0. The van der Waals surface area contributed by atoms with Gasteiger partial charge in [0, 0.05) is 28.9 Å². The average molecular weight is 264 g/mol. The second-order valence-corrected chi connectivity index (χ2v) is 5.00. The molecule has 2 N–H and O–H groups in total. The fraction of sp³-hybridized carbons (Fsp3) is 0.118. The molecule has 0 spiro atoms. The van der Waals surface area contributed by atoms with E-state index in [1.165, 1.54) is 11.1 Å². The van der Waals surface area contributed by atoms with Gasteiger partial charge in [-0.15, -0.1) is 0 Å². The monoisotopic (exact) mass is 264 g/mol. The Bertz CT molecular complexity index is 761. The summed E-state index contributed by atoms with van der Waals surface area (Å²) in [6.07, 6.45) is 3.51. The van der Waals surface area contributed by atoms with Crippen molar-refractivity contribution in [2.75, 3.05) is 5.73 Å². The van der Waals surface area contributed by atoms with E-state index in [0.717, 1.165) is 22.3 Å². The predicted molar refractivity (Wildman–Crippen MR) is 82.1 cm³/mol. The van der Waals surface area contributed by atoms with Crippen molar-refractivity contribution in [2.24, 2.45) is 0 Å². The number of nitrogen functional groups attached to an aromatic ring is 1. The molecule has 100 valence electrons. The Balaban J connectivity index is 2.09. The topological polar surface area (TPSA) is 48.1 Å². The maximum Gasteiger partial charge on any atom is 0.135 e. The summed E-state index contributed by atoms with van der Waals surface area (Å²) in [6.45, 7) is 4.12. The quantitative estimate of drug-likeness (QED) is 0.705. The summed E-state index contributed by atoms with van der Waals surface area (Å²) in [7, 11) is 0. The van der Waals surface area contributed by atoms with Crippen LogP contribution < -0.4 is 10.5 Å². The molecular weight excluding hydrogens is 248 g/mol. The molecule has 0 atom stereocenters. The molecule has 0 amide bonds. The van der Waals surface area contributed by atoms with E-state index in [4.69, 9.17) is 10.5 Å². The van der Waals surface area contributed by atoms with Gasteiger partial charge in [0.2, 0.25) is 0 Å². The molecule has 0 saturated carbocycles. The lowest BCUT2D eigenvalue weighted by molar-refractivity contribution is 0.487. The molecule has 1 aromatic heterocycles. The van der Waals surface area contributed by atoms with Gasteiger partial charge < -0.3 is 10.5 Å². The zero-order valence-corrected chi connectivity index (χ0v) is 11.6. The number of nitrogens with two attached hydrogens (primary N) is 1. The fourth-order valence-electron chi connectivity index (χ4n) is 2.39. The van der Waals surface area contributed by atoms with E-state index in [1.807, 2.05) is 30.3 Å². The van der Waals surface area contributed by atoms with Gasteiger partial charge in [-0.25, -0.2) is 0 Å². The first-order chi connectivity index (χ1) is 9.63. The molecule has 0 saturated heterocycles. The number of rotatable bonds is 2. The molecule has 3 aromatic rings. The highest BCUT2D eigenvalue weighted by atomic mass is 16.5. The zero-order chi connectivity index (χ0) is 14.1. The Morgan fingerprint density at radius 3 is 2.45 bits per heavy atom. The van der Waals surface area contributed by atoms with E-state index in [-0.39, 0.29) is 0 Å². The highest BCUT2D eigenvalue weighted by Gasteiger charge is 2.06. The molecular formula is C17H16N2O. The Hall–Kier alpha value is -2.55. The van der Waals surface area contributed by atoms with Gasteiger partial charge in [0.05, 0.1) is 0 Å². The molecule has 1 heterocycles. The maximum atomic E-state index is 6.02. The molecule has 0 bridgehead atoms. The molecule has 3 nitrogen and oxygen atoms in total. The van der Waals surface area contributed by atoms with Gasteiger partial charge in [-0.1, -0.05) is 6.07 Å². The Kier molecular flexibility index (Phi) is 3.03. The molecule has 0 aliphatic carbocycles. The van der Waals surface area contributed by atoms with Crippen LogP contribution in [0.4, 0.5) is 5.69 Å². The van der Waals surface area contributed by atoms with Gasteiger partial charge in [-0.2, -0.15) is 0 Å². The lowest BCUT2D eigenvalue weighted by Gasteiger charge is -2.11. The van der Waals surface area contributed by atoms with Crippen LogP contribution in [0.2, 0.25) is 0 Å². The number of ether oxygens (including phenoxy) is 1. The average Bonchev–Trinajstić information content (AvgIpc) is 2.41. The number of pyridine rings is 1. The van der Waals surface area contributed by atoms with E-state index < -0.39 is 0 Å². The van der Waals surface area contributed by atoms with Gasteiger partial charge in [0.15, 0.2) is 0 Å². The molecule has 0 aliphatic heterocycles. The first-order valence-electron chi connectivity index (χ1n) is 6.52. The SMILES string of the molecule is Cc1cc(C)cc(Oc2ccc(N)c3cnccc23)c1. The van der Waals surface area contributed by atoms with Gasteiger partial charge in [-0.3, -0.25) is 4.98 Å². The van der Waals surface area contributed by atoms with Crippen molar-refractivity contribution in [3.63, 3.8) is 0 Å². The lowest BCUT2D eigenvalue weighted by atomic mass is 10.1. The second-order valence-electron chi connectivity index (χ2n) is 5.00. The van der Waals surface area contributed by atoms with E-state index >= 15 is 0 Å². The van der Waals surface area contributed by atoms with Crippen LogP contribution in [0.3, 0.4) is 0 Å². The highest BCUT2D eigenvalue weighted by Crippen LogP contribution is 2.33. The summed E-state index contributed by atoms with van der Waals surface area (Å²) in [4.78, 5) is 4.11. The normalized spacial score (nSPS) is 10.7. The molecule has 0 aliphatic rings. The van der Waals surface area contributed by atoms with Crippen molar-refractivity contribution in [1.29, 1.82) is 0 Å². The van der Waals surface area contributed by atoms with Crippen LogP contribution in [0, 0.1) is 13.8 Å². The third-order valence-electron chi connectivity index (χ3n) is 3.23. The largest absolute Gasteiger partial charge is 0.457 e. The van der Waals surface area contributed by atoms with Crippen molar-refractivity contribution in [3.05, 3.63) is 59.9 Å². The first kappa shape index (κ1) is 12.5. The van der Waals surface area contributed by atoms with Crippen LogP contribution in [0.1, 0.15) is 11.1 Å². The van der Waals surface area contributed by atoms with E-state index in [0.29, 0.717) is 5.69 Å². The predicted octanol–water partition coefficient (Wildman–Crippen LogP) is 4.23. The van der Waals surface area contributed by atoms with E-state index in [2.05, 4.69) is 24.9 Å². The minimum absolute atomic E-state index is 0.709. The zero-order valence-electron chi connectivity index (χ0n) is 11.6. The molecule has 0 radical (unpaired) electrons. The Morgan fingerprint density at radius 1 is 0.950 bits per heavy atom. The highest BCUT2D eigenvalue weighted by molar-refractivity contribution is 5.96. The van der Waals surface area contributed by atoms with Crippen LogP contribution in [0.5, 0.6) is 11.5 Å². The van der Waals surface area contributed by atoms with Crippen molar-refractivity contribution in [3.8, 4) is 11.5 Å². The Labute approximate surface area is 118 Å². The number of anilines is 1. The summed E-state index contributed by atoms with van der Waals surface area (Å²) in [5.74, 6) is 1.63. The Morgan fingerprint density at radius 2 is 1.70 bits per heavy atom. The van der Waals surface area contributed by atoms with Crippen LogP contribution in [-0.4, -0.2) is 4.98 Å². The number of hydrogen-bond acceptors (Lipinski definition) is 3. The molecule has 0 unspecified atom stereocenters. The minimum atomic E-state index is 0.709. The van der Waals surface area contributed by atoms with Crippen LogP contribution in [-0.2, 0) is 0 Å². The summed E-state index contributed by atoms with van der Waals surface area (Å²) < 4.78 is 6.02. The van der Waals surface area contributed by atoms with Gasteiger partial charge in [0.25, 0.3) is 0 Å². The number of aromatic nitrogens is 1. The van der Waals surface area contributed by atoms with Crippen LogP contribution >= 0.6 is 0 Å². The van der Waals surface area contributed by atoms with Gasteiger partial charge in [0.1, 0.15) is 11.5 Å². The summed E-state index contributed by atoms with van der Waals surface area (Å²) in [5, 5.41) is 1.88. The van der Waals surface area contributed by atoms with Crippen LogP contribution in [0.25, 0.3) is 10.8 Å². The number of fused-ring (bicyclic) bond motifs is 1. The van der Waals surface area contributed by atoms with Crippen molar-refractivity contribution < 1.29 is 4.74 Å². The maximum absolute atomic E-state index is 6.02. The first-order valence-corrected chi connectivity index (χ1v) is 6.52. The van der Waals surface area contributed by atoms with Crippen molar-refractivity contribution >= 4 is 16.5 Å². The number of benzene rings is 2. The fourth-order valence-corrected chi connectivity index (χ4v) is 2.39. The minimum Gasteiger partial charge on any atom is -0.457 e. The van der Waals surface area contributed by atoms with E-state index in [1.54, 1.807) is 12.4 Å². The number of nitrogens with zero attached hydrogens (tertiary/aromatic N) is 1. The molecule has 0 fully saturated rings. The third kappa shape index (κ3) is 2.30. The van der Waals surface area contributed by atoms with E-state index in [9.17, 15) is 0 Å². The van der Waals surface area contributed by atoms with Gasteiger partial charge >= 0.3 is 0 Å². The molecule has 3 heteroatoms. The third-order valence-corrected chi connectivity index (χ3v) is 3.23.